The molecule has 8 heteroatoms. The largest absolute Gasteiger partial charge is 0.467 e. The van der Waals surface area contributed by atoms with E-state index in [1.807, 2.05) is 30.3 Å². The highest BCUT2D eigenvalue weighted by atomic mass is 79.9. The van der Waals surface area contributed by atoms with Crippen LogP contribution < -0.4 is 5.32 Å². The first-order chi connectivity index (χ1) is 12.9. The van der Waals surface area contributed by atoms with Crippen LogP contribution in [0.3, 0.4) is 0 Å². The Kier molecular flexibility index (Phi) is 7.84. The molecule has 1 fully saturated rings. The topological polar surface area (TPSA) is 84.9 Å². The molecule has 146 valence electrons. The molecule has 1 aliphatic rings. The van der Waals surface area contributed by atoms with Crippen LogP contribution in [0.5, 0.6) is 0 Å². The molecule has 1 aliphatic heterocycles. The normalized spacial score (nSPS) is 17.1. The average Bonchev–Trinajstić information content (AvgIpc) is 3.15. The summed E-state index contributed by atoms with van der Waals surface area (Å²) in [5.41, 5.74) is 0.868. The number of halogens is 1. The first kappa shape index (κ1) is 21.0. The Morgan fingerprint density at radius 3 is 2.67 bits per heavy atom. The van der Waals surface area contributed by atoms with Crippen molar-refractivity contribution in [1.29, 1.82) is 0 Å². The van der Waals surface area contributed by atoms with Crippen LogP contribution in [-0.2, 0) is 25.7 Å². The number of ether oxygens (including phenoxy) is 2. The van der Waals surface area contributed by atoms with Crippen LogP contribution in [0.2, 0.25) is 0 Å². The lowest BCUT2D eigenvalue weighted by molar-refractivity contribution is -0.145. The van der Waals surface area contributed by atoms with Crippen molar-refractivity contribution in [2.45, 2.75) is 38.0 Å². The molecule has 1 aromatic carbocycles. The second kappa shape index (κ2) is 10.1. The molecule has 7 nitrogen and oxygen atoms in total. The van der Waals surface area contributed by atoms with Gasteiger partial charge < -0.3 is 14.8 Å². The second-order valence-corrected chi connectivity index (χ2v) is 7.32. The molecule has 1 heterocycles. The van der Waals surface area contributed by atoms with E-state index in [4.69, 9.17) is 9.47 Å². The SMILES string of the molecule is C=C(Br)C[C@H](NC(=O)[C@H]1CCCN1C(=O)OCc1ccccc1)C(=O)OC. The molecule has 0 aromatic heterocycles. The number of amides is 2. The van der Waals surface area contributed by atoms with Crippen LogP contribution in [0.4, 0.5) is 4.79 Å². The third kappa shape index (κ3) is 6.09. The predicted octanol–water partition coefficient (Wildman–Crippen LogP) is 2.74. The maximum atomic E-state index is 12.6. The Balaban J connectivity index is 1.96. The van der Waals surface area contributed by atoms with Crippen molar-refractivity contribution >= 4 is 33.9 Å². The van der Waals surface area contributed by atoms with Crippen molar-refractivity contribution in [3.8, 4) is 0 Å². The lowest BCUT2D eigenvalue weighted by Crippen LogP contribution is -2.51. The van der Waals surface area contributed by atoms with Crippen molar-refractivity contribution in [1.82, 2.24) is 10.2 Å². The van der Waals surface area contributed by atoms with Crippen LogP contribution in [0.15, 0.2) is 41.4 Å². The molecule has 0 spiro atoms. The molecule has 0 aliphatic carbocycles. The second-order valence-electron chi connectivity index (χ2n) is 6.20. The number of carbonyl (C=O) groups is 3. The number of carbonyl (C=O) groups excluding carboxylic acids is 3. The first-order valence-corrected chi connectivity index (χ1v) is 9.40. The summed E-state index contributed by atoms with van der Waals surface area (Å²) in [6.45, 7) is 4.25. The van der Waals surface area contributed by atoms with Crippen LogP contribution >= 0.6 is 15.9 Å². The molecule has 2 atom stereocenters. The molecule has 1 saturated heterocycles. The standard InChI is InChI=1S/C19H23BrN2O5/c1-13(20)11-15(18(24)26-2)21-17(23)16-9-6-10-22(16)19(25)27-12-14-7-4-3-5-8-14/h3-5,7-8,15-16H,1,6,9-12H2,2H3,(H,21,23)/t15-,16+/m0/s1. The molecule has 1 aromatic rings. The van der Waals surface area contributed by atoms with Gasteiger partial charge in [-0.3, -0.25) is 9.69 Å². The Morgan fingerprint density at radius 1 is 1.33 bits per heavy atom. The third-order valence-electron chi connectivity index (χ3n) is 4.22. The number of likely N-dealkylation sites (tertiary alicyclic amines) is 1. The summed E-state index contributed by atoms with van der Waals surface area (Å²) < 4.78 is 10.6. The minimum atomic E-state index is -0.864. The van der Waals surface area contributed by atoms with Gasteiger partial charge in [-0.05, 0) is 22.9 Å². The monoisotopic (exact) mass is 438 g/mol. The van der Waals surface area contributed by atoms with E-state index in [0.717, 1.165) is 5.56 Å². The van der Waals surface area contributed by atoms with E-state index in [1.54, 1.807) is 0 Å². The number of benzene rings is 1. The van der Waals surface area contributed by atoms with E-state index in [1.165, 1.54) is 12.0 Å². The quantitative estimate of drug-likeness (QED) is 0.661. The average molecular weight is 439 g/mol. The van der Waals surface area contributed by atoms with Gasteiger partial charge in [-0.2, -0.15) is 0 Å². The van der Waals surface area contributed by atoms with E-state index in [-0.39, 0.29) is 13.0 Å². The van der Waals surface area contributed by atoms with Gasteiger partial charge in [0, 0.05) is 13.0 Å². The van der Waals surface area contributed by atoms with Crippen LogP contribution in [-0.4, -0.2) is 48.6 Å². The lowest BCUT2D eigenvalue weighted by atomic mass is 10.1. The number of hydrogen-bond acceptors (Lipinski definition) is 5. The number of nitrogens with zero attached hydrogens (tertiary/aromatic N) is 1. The zero-order valence-corrected chi connectivity index (χ0v) is 16.7. The lowest BCUT2D eigenvalue weighted by Gasteiger charge is -2.25. The highest BCUT2D eigenvalue weighted by molar-refractivity contribution is 9.11. The van der Waals surface area contributed by atoms with E-state index < -0.39 is 30.1 Å². The molecule has 2 amide bonds. The predicted molar refractivity (Wildman–Crippen MR) is 103 cm³/mol. The van der Waals surface area contributed by atoms with E-state index in [2.05, 4.69) is 27.8 Å². The first-order valence-electron chi connectivity index (χ1n) is 8.61. The van der Waals surface area contributed by atoms with Gasteiger partial charge in [0.05, 0.1) is 7.11 Å². The van der Waals surface area contributed by atoms with Gasteiger partial charge in [0.2, 0.25) is 5.91 Å². The molecule has 27 heavy (non-hydrogen) atoms. The minimum Gasteiger partial charge on any atom is -0.467 e. The van der Waals surface area contributed by atoms with Gasteiger partial charge in [0.15, 0.2) is 0 Å². The number of methoxy groups -OCH3 is 1. The van der Waals surface area contributed by atoms with Crippen molar-refractivity contribution in [3.63, 3.8) is 0 Å². The van der Waals surface area contributed by atoms with Gasteiger partial charge >= 0.3 is 12.1 Å². The van der Waals surface area contributed by atoms with Gasteiger partial charge in [0.25, 0.3) is 0 Å². The summed E-state index contributed by atoms with van der Waals surface area (Å²) in [7, 11) is 1.25. The van der Waals surface area contributed by atoms with Gasteiger partial charge in [-0.25, -0.2) is 9.59 Å². The summed E-state index contributed by atoms with van der Waals surface area (Å²) in [5, 5.41) is 2.65. The van der Waals surface area contributed by atoms with Gasteiger partial charge in [0.1, 0.15) is 18.7 Å². The van der Waals surface area contributed by atoms with E-state index in [0.29, 0.717) is 23.9 Å². The minimum absolute atomic E-state index is 0.138. The highest BCUT2D eigenvalue weighted by Crippen LogP contribution is 2.20. The Hall–Kier alpha value is -2.35. The summed E-state index contributed by atoms with van der Waals surface area (Å²) in [5.74, 6) is -0.978. The Bertz CT molecular complexity index is 695. The zero-order chi connectivity index (χ0) is 19.8. The summed E-state index contributed by atoms with van der Waals surface area (Å²) >= 11 is 3.19. The maximum Gasteiger partial charge on any atom is 0.410 e. The van der Waals surface area contributed by atoms with Crippen LogP contribution in [0.25, 0.3) is 0 Å². The van der Waals surface area contributed by atoms with Crippen LogP contribution in [0, 0.1) is 0 Å². The van der Waals surface area contributed by atoms with Gasteiger partial charge in [-0.15, -0.1) is 0 Å². The molecule has 0 saturated carbocycles. The smallest absolute Gasteiger partial charge is 0.410 e. The van der Waals surface area contributed by atoms with Crippen molar-refractivity contribution in [2.75, 3.05) is 13.7 Å². The molecule has 0 unspecified atom stereocenters. The summed E-state index contributed by atoms with van der Waals surface area (Å²) in [4.78, 5) is 38.3. The Labute approximate surface area is 166 Å². The fraction of sp³-hybridized carbons (Fsp3) is 0.421. The van der Waals surface area contributed by atoms with Crippen molar-refractivity contribution in [3.05, 3.63) is 47.0 Å². The maximum absolute atomic E-state index is 12.6. The fourth-order valence-electron chi connectivity index (χ4n) is 2.88. The van der Waals surface area contributed by atoms with Gasteiger partial charge in [-0.1, -0.05) is 52.8 Å². The molecular weight excluding hydrogens is 416 g/mol. The number of esters is 1. The number of rotatable bonds is 7. The van der Waals surface area contributed by atoms with E-state index in [9.17, 15) is 14.4 Å². The molecule has 0 bridgehead atoms. The fourth-order valence-corrected chi connectivity index (χ4v) is 3.21. The van der Waals surface area contributed by atoms with Crippen LogP contribution in [0.1, 0.15) is 24.8 Å². The van der Waals surface area contributed by atoms with Crippen molar-refractivity contribution in [2.24, 2.45) is 0 Å². The summed E-state index contributed by atoms with van der Waals surface area (Å²) in [6, 6.07) is 7.78. The summed E-state index contributed by atoms with van der Waals surface area (Å²) in [6.07, 6.45) is 0.849. The number of hydrogen-bond donors (Lipinski definition) is 1. The molecule has 2 rings (SSSR count). The zero-order valence-electron chi connectivity index (χ0n) is 15.2. The van der Waals surface area contributed by atoms with Crippen molar-refractivity contribution < 1.29 is 23.9 Å². The molecule has 0 radical (unpaired) electrons. The molecular formula is C19H23BrN2O5. The van der Waals surface area contributed by atoms with E-state index >= 15 is 0 Å². The Morgan fingerprint density at radius 2 is 2.04 bits per heavy atom. The molecule has 1 N–H and O–H groups in total. The highest BCUT2D eigenvalue weighted by Gasteiger charge is 2.37. The third-order valence-corrected chi connectivity index (χ3v) is 4.55. The number of nitrogens with one attached hydrogen (secondary N) is 1.